The van der Waals surface area contributed by atoms with E-state index in [2.05, 4.69) is 0 Å². The Hall–Kier alpha value is -0.930. The van der Waals surface area contributed by atoms with Gasteiger partial charge in [-0.1, -0.05) is 41.5 Å². The van der Waals surface area contributed by atoms with E-state index in [0.29, 0.717) is 0 Å². The molecule has 1 rings (SSSR count). The Bertz CT molecular complexity index is 787. The van der Waals surface area contributed by atoms with Gasteiger partial charge in [0, 0.05) is 0 Å². The molecule has 0 aliphatic heterocycles. The van der Waals surface area contributed by atoms with Crippen molar-refractivity contribution in [3.63, 3.8) is 0 Å². The van der Waals surface area contributed by atoms with Crippen LogP contribution in [-0.2, 0) is 19.6 Å². The van der Waals surface area contributed by atoms with E-state index in [0.717, 1.165) is 12.1 Å². The fraction of sp³-hybridized carbons (Fsp3) is 0.556. The van der Waals surface area contributed by atoms with Crippen LogP contribution in [-0.4, -0.2) is 67.7 Å². The molecule has 148 valence electrons. The Balaban J connectivity index is 0.00000676. The summed E-state index contributed by atoms with van der Waals surface area (Å²) in [6, 6.07) is 3.29. The van der Waals surface area contributed by atoms with Crippen LogP contribution in [0.15, 0.2) is 23.1 Å². The number of carbonyl (C=O) groups is 2. The molecule has 27 heavy (non-hydrogen) atoms. The number of rotatable bonds is 5. The van der Waals surface area contributed by atoms with Gasteiger partial charge in [0.15, 0.2) is 0 Å². The number of esters is 2. The molecule has 0 unspecified atom stereocenters. The molecular weight excluding hydrogens is 383 g/mol. The van der Waals surface area contributed by atoms with Gasteiger partial charge in [0.1, 0.15) is 4.90 Å². The van der Waals surface area contributed by atoms with E-state index in [9.17, 15) is 22.6 Å². The van der Waals surface area contributed by atoms with E-state index in [1.165, 1.54) is 6.07 Å². The molecule has 1 aromatic rings. The maximum absolute atomic E-state index is 12.2. The average Bonchev–Trinajstić information content (AvgIpc) is 2.47. The second kappa shape index (κ2) is 9.52. The molecule has 0 aliphatic rings. The summed E-state index contributed by atoms with van der Waals surface area (Å²) in [6.07, 6.45) is 0. The summed E-state index contributed by atoms with van der Waals surface area (Å²) >= 11 is 0. The number of ether oxygens (including phenoxy) is 2. The zero-order chi connectivity index (χ0) is 20.3. The molecule has 0 saturated heterocycles. The van der Waals surface area contributed by atoms with Gasteiger partial charge in [0.2, 0.25) is 0 Å². The first-order chi connectivity index (χ1) is 11.6. The fourth-order valence-corrected chi connectivity index (χ4v) is 2.46. The summed E-state index contributed by atoms with van der Waals surface area (Å²) < 4.78 is 42.9. The SMILES string of the molecule is CC(C)(C)COC(=O)c1ccc(C(=O)OCC(C)(C)C)c(S(=O)(=O)O)c1.[NaH]. The normalized spacial score (nSPS) is 12.1. The van der Waals surface area contributed by atoms with Gasteiger partial charge in [0.05, 0.1) is 24.3 Å². The van der Waals surface area contributed by atoms with Crippen molar-refractivity contribution in [3.8, 4) is 0 Å². The molecule has 7 nitrogen and oxygen atoms in total. The van der Waals surface area contributed by atoms with Crippen LogP contribution >= 0.6 is 0 Å². The van der Waals surface area contributed by atoms with E-state index in [1.54, 1.807) is 0 Å². The molecule has 1 aromatic carbocycles. The van der Waals surface area contributed by atoms with Gasteiger partial charge in [-0.25, -0.2) is 9.59 Å². The molecule has 0 aliphatic carbocycles. The summed E-state index contributed by atoms with van der Waals surface area (Å²) in [4.78, 5) is 23.6. The number of carbonyl (C=O) groups excluding carboxylic acids is 2. The van der Waals surface area contributed by atoms with E-state index in [4.69, 9.17) is 9.47 Å². The Labute approximate surface area is 182 Å². The van der Waals surface area contributed by atoms with E-state index >= 15 is 0 Å². The van der Waals surface area contributed by atoms with Crippen molar-refractivity contribution in [2.45, 2.75) is 46.4 Å². The monoisotopic (exact) mass is 410 g/mol. The Kier molecular flexibility index (Phi) is 9.19. The molecule has 0 fully saturated rings. The summed E-state index contributed by atoms with van der Waals surface area (Å²) in [5, 5.41) is 0. The zero-order valence-electron chi connectivity index (χ0n) is 16.0. The van der Waals surface area contributed by atoms with Crippen molar-refractivity contribution in [1.29, 1.82) is 0 Å². The molecule has 0 spiro atoms. The minimum atomic E-state index is -4.74. The molecule has 0 radical (unpaired) electrons. The Morgan fingerprint density at radius 2 is 1.37 bits per heavy atom. The molecule has 0 saturated carbocycles. The number of hydrogen-bond acceptors (Lipinski definition) is 6. The third kappa shape index (κ3) is 9.21. The van der Waals surface area contributed by atoms with Crippen LogP contribution in [0.5, 0.6) is 0 Å². The maximum atomic E-state index is 12.2. The standard InChI is InChI=1S/C18H26O7S.Na.H/c1-17(2,3)10-24-15(19)12-7-8-13(14(9-12)26(21,22)23)16(20)25-11-18(4,5)6;;/h7-9H,10-11H2,1-6H3,(H,21,22,23);;. The van der Waals surface area contributed by atoms with Crippen LogP contribution in [0, 0.1) is 10.8 Å². The molecular formula is C18H27NaO7S. The van der Waals surface area contributed by atoms with Gasteiger partial charge in [-0.3, -0.25) is 4.55 Å². The summed E-state index contributed by atoms with van der Waals surface area (Å²) in [7, 11) is -4.74. The Morgan fingerprint density at radius 1 is 0.926 bits per heavy atom. The Morgan fingerprint density at radius 3 is 1.78 bits per heavy atom. The number of hydrogen-bond donors (Lipinski definition) is 1. The van der Waals surface area contributed by atoms with Gasteiger partial charge in [-0.15, -0.1) is 0 Å². The fourth-order valence-electron chi connectivity index (χ4n) is 1.76. The van der Waals surface area contributed by atoms with Gasteiger partial charge in [-0.2, -0.15) is 8.42 Å². The molecule has 9 heteroatoms. The van der Waals surface area contributed by atoms with Crippen LogP contribution in [0.2, 0.25) is 0 Å². The third-order valence-corrected chi connectivity index (χ3v) is 3.88. The van der Waals surface area contributed by atoms with Crippen LogP contribution in [0.4, 0.5) is 0 Å². The van der Waals surface area contributed by atoms with E-state index in [-0.39, 0.29) is 64.7 Å². The second-order valence-corrected chi connectivity index (χ2v) is 9.85. The van der Waals surface area contributed by atoms with Crippen LogP contribution in [0.3, 0.4) is 0 Å². The van der Waals surface area contributed by atoms with Crippen molar-refractivity contribution in [3.05, 3.63) is 29.3 Å². The molecule has 0 amide bonds. The van der Waals surface area contributed by atoms with Gasteiger partial charge < -0.3 is 9.47 Å². The number of benzene rings is 1. The topological polar surface area (TPSA) is 107 Å². The second-order valence-electron chi connectivity index (χ2n) is 8.46. The third-order valence-electron chi connectivity index (χ3n) is 2.99. The zero-order valence-corrected chi connectivity index (χ0v) is 16.8. The summed E-state index contributed by atoms with van der Waals surface area (Å²) in [5.74, 6) is -1.65. The first-order valence-electron chi connectivity index (χ1n) is 8.06. The van der Waals surface area contributed by atoms with E-state index < -0.39 is 27.0 Å². The van der Waals surface area contributed by atoms with Crippen molar-refractivity contribution in [1.82, 2.24) is 0 Å². The van der Waals surface area contributed by atoms with Crippen molar-refractivity contribution < 1.29 is 32.0 Å². The van der Waals surface area contributed by atoms with Crippen molar-refractivity contribution in [2.24, 2.45) is 10.8 Å². The first kappa shape index (κ1) is 26.1. The molecule has 0 aromatic heterocycles. The van der Waals surface area contributed by atoms with Crippen molar-refractivity contribution >= 4 is 51.6 Å². The van der Waals surface area contributed by atoms with Crippen LogP contribution in [0.1, 0.15) is 62.3 Å². The molecule has 1 N–H and O–H groups in total. The van der Waals surface area contributed by atoms with Gasteiger partial charge >= 0.3 is 41.5 Å². The van der Waals surface area contributed by atoms with Gasteiger partial charge in [0.25, 0.3) is 10.1 Å². The summed E-state index contributed by atoms with van der Waals surface area (Å²) in [6.45, 7) is 11.3. The van der Waals surface area contributed by atoms with Crippen molar-refractivity contribution in [2.75, 3.05) is 13.2 Å². The van der Waals surface area contributed by atoms with Crippen LogP contribution < -0.4 is 0 Å². The minimum absolute atomic E-state index is 0. The van der Waals surface area contributed by atoms with Crippen LogP contribution in [0.25, 0.3) is 0 Å². The quantitative estimate of drug-likeness (QED) is 0.452. The van der Waals surface area contributed by atoms with E-state index in [1.807, 2.05) is 41.5 Å². The molecule has 0 atom stereocenters. The molecule has 0 heterocycles. The van der Waals surface area contributed by atoms with Gasteiger partial charge in [-0.05, 0) is 29.0 Å². The molecule has 0 bridgehead atoms. The first-order valence-corrected chi connectivity index (χ1v) is 9.50. The predicted octanol–water partition coefficient (Wildman–Crippen LogP) is 2.69. The predicted molar refractivity (Wildman–Crippen MR) is 103 cm³/mol. The summed E-state index contributed by atoms with van der Waals surface area (Å²) in [5.41, 5.74) is -1.01. The average molecular weight is 410 g/mol.